The lowest BCUT2D eigenvalue weighted by molar-refractivity contribution is 0.0687. The highest BCUT2D eigenvalue weighted by Gasteiger charge is 2.19. The van der Waals surface area contributed by atoms with Crippen LogP contribution < -0.4 is 10.6 Å². The number of benzene rings is 2. The number of hydrogen-bond acceptors (Lipinski definition) is 7. The number of aliphatic hydroxyl groups is 1. The molecule has 1 heterocycles. The standard InChI is InChI=1S/C24H28N4O4/c1-24(2,31)23-27-11-17(12-28-23)15-8-9-18(22(30)25-3)20(10-15)26-13-19-16(14-32-4)6-5-7-21(19)29/h5-12,26,29,31H,13-14H2,1-4H3,(H,25,30). The Hall–Kier alpha value is -3.49. The summed E-state index contributed by atoms with van der Waals surface area (Å²) in [6.07, 6.45) is 3.28. The van der Waals surface area contributed by atoms with Crippen LogP contribution in [0, 0.1) is 0 Å². The van der Waals surface area contributed by atoms with Crippen molar-refractivity contribution < 1.29 is 19.7 Å². The fourth-order valence-corrected chi connectivity index (χ4v) is 3.30. The number of carbonyl (C=O) groups is 1. The van der Waals surface area contributed by atoms with Crippen molar-refractivity contribution in [2.45, 2.75) is 32.6 Å². The minimum atomic E-state index is -1.13. The van der Waals surface area contributed by atoms with E-state index in [2.05, 4.69) is 20.6 Å². The average Bonchev–Trinajstić information content (AvgIpc) is 2.78. The molecule has 2 aromatic carbocycles. The predicted octanol–water partition coefficient (Wildman–Crippen LogP) is 3.19. The van der Waals surface area contributed by atoms with Crippen LogP contribution in [0.1, 0.15) is 41.2 Å². The summed E-state index contributed by atoms with van der Waals surface area (Å²) in [4.78, 5) is 20.9. The van der Waals surface area contributed by atoms with Crippen LogP contribution in [-0.4, -0.2) is 40.2 Å². The maximum atomic E-state index is 12.4. The van der Waals surface area contributed by atoms with E-state index < -0.39 is 5.60 Å². The summed E-state index contributed by atoms with van der Waals surface area (Å²) in [6, 6.07) is 10.6. The molecule has 0 spiro atoms. The number of nitrogens with zero attached hydrogens (tertiary/aromatic N) is 2. The molecule has 4 N–H and O–H groups in total. The number of phenolic OH excluding ortho intramolecular Hbond substituents is 1. The van der Waals surface area contributed by atoms with Gasteiger partial charge in [0.25, 0.3) is 5.91 Å². The zero-order valence-electron chi connectivity index (χ0n) is 18.6. The van der Waals surface area contributed by atoms with E-state index in [9.17, 15) is 15.0 Å². The van der Waals surface area contributed by atoms with Crippen LogP contribution in [0.2, 0.25) is 0 Å². The summed E-state index contributed by atoms with van der Waals surface area (Å²) < 4.78 is 5.23. The maximum Gasteiger partial charge on any atom is 0.253 e. The Kier molecular flexibility index (Phi) is 7.07. The van der Waals surface area contributed by atoms with E-state index in [4.69, 9.17) is 4.74 Å². The Morgan fingerprint density at radius 2 is 1.84 bits per heavy atom. The fraction of sp³-hybridized carbons (Fsp3) is 0.292. The van der Waals surface area contributed by atoms with Gasteiger partial charge in [0, 0.05) is 49.9 Å². The molecule has 0 aliphatic heterocycles. The van der Waals surface area contributed by atoms with E-state index in [1.807, 2.05) is 18.2 Å². The molecule has 168 valence electrons. The van der Waals surface area contributed by atoms with E-state index >= 15 is 0 Å². The predicted molar refractivity (Wildman–Crippen MR) is 122 cm³/mol. The number of nitrogens with one attached hydrogen (secondary N) is 2. The van der Waals surface area contributed by atoms with Gasteiger partial charge in [0.1, 0.15) is 11.4 Å². The van der Waals surface area contributed by atoms with Gasteiger partial charge >= 0.3 is 0 Å². The molecule has 1 aromatic heterocycles. The first-order valence-electron chi connectivity index (χ1n) is 10.2. The number of carbonyl (C=O) groups excluding carboxylic acids is 1. The van der Waals surface area contributed by atoms with Crippen LogP contribution in [0.4, 0.5) is 5.69 Å². The van der Waals surface area contributed by atoms with Gasteiger partial charge in [-0.2, -0.15) is 0 Å². The SMILES string of the molecule is CNC(=O)c1ccc(-c2cnc(C(C)(C)O)nc2)cc1NCc1c(O)cccc1COC. The topological polar surface area (TPSA) is 117 Å². The summed E-state index contributed by atoms with van der Waals surface area (Å²) in [7, 11) is 3.17. The number of hydrogen-bond donors (Lipinski definition) is 4. The third kappa shape index (κ3) is 5.22. The molecule has 32 heavy (non-hydrogen) atoms. The Morgan fingerprint density at radius 1 is 1.12 bits per heavy atom. The Morgan fingerprint density at radius 3 is 2.47 bits per heavy atom. The molecule has 0 aliphatic carbocycles. The van der Waals surface area contributed by atoms with Crippen LogP contribution in [-0.2, 0) is 23.5 Å². The molecule has 0 fully saturated rings. The van der Waals surface area contributed by atoms with Crippen molar-refractivity contribution in [3.63, 3.8) is 0 Å². The molecule has 8 heteroatoms. The average molecular weight is 437 g/mol. The molecular weight excluding hydrogens is 408 g/mol. The molecular formula is C24H28N4O4. The number of aromatic nitrogens is 2. The molecule has 1 amide bonds. The maximum absolute atomic E-state index is 12.4. The number of phenols is 1. The van der Waals surface area contributed by atoms with Gasteiger partial charge in [-0.1, -0.05) is 18.2 Å². The van der Waals surface area contributed by atoms with Crippen LogP contribution in [0.15, 0.2) is 48.8 Å². The zero-order chi connectivity index (χ0) is 23.3. The molecule has 0 atom stereocenters. The first kappa shape index (κ1) is 23.2. The summed E-state index contributed by atoms with van der Waals surface area (Å²) in [5.41, 5.74) is 3.03. The second-order valence-electron chi connectivity index (χ2n) is 7.90. The van der Waals surface area contributed by atoms with Gasteiger partial charge < -0.3 is 25.6 Å². The van der Waals surface area contributed by atoms with Crippen molar-refractivity contribution in [3.05, 3.63) is 71.3 Å². The minimum Gasteiger partial charge on any atom is -0.508 e. The summed E-state index contributed by atoms with van der Waals surface area (Å²) in [5.74, 6) is 0.245. The first-order valence-corrected chi connectivity index (χ1v) is 10.2. The number of rotatable bonds is 8. The highest BCUT2D eigenvalue weighted by atomic mass is 16.5. The normalized spacial score (nSPS) is 11.3. The van der Waals surface area contributed by atoms with Crippen molar-refractivity contribution in [2.75, 3.05) is 19.5 Å². The summed E-state index contributed by atoms with van der Waals surface area (Å²) in [5, 5.41) is 26.3. The Bertz CT molecular complexity index is 1090. The number of aromatic hydroxyl groups is 1. The number of ether oxygens (including phenoxy) is 1. The smallest absolute Gasteiger partial charge is 0.253 e. The van der Waals surface area contributed by atoms with Crippen LogP contribution in [0.25, 0.3) is 11.1 Å². The molecule has 0 saturated carbocycles. The first-order chi connectivity index (χ1) is 15.2. The largest absolute Gasteiger partial charge is 0.508 e. The number of methoxy groups -OCH3 is 1. The van der Waals surface area contributed by atoms with Gasteiger partial charge in [-0.3, -0.25) is 4.79 Å². The summed E-state index contributed by atoms with van der Waals surface area (Å²) >= 11 is 0. The van der Waals surface area contributed by atoms with E-state index in [0.29, 0.717) is 35.8 Å². The van der Waals surface area contributed by atoms with Crippen molar-refractivity contribution in [1.29, 1.82) is 0 Å². The van der Waals surface area contributed by atoms with Crippen molar-refractivity contribution in [3.8, 4) is 16.9 Å². The molecule has 3 aromatic rings. The second-order valence-corrected chi connectivity index (χ2v) is 7.90. The van der Waals surface area contributed by atoms with E-state index in [1.54, 1.807) is 58.6 Å². The lowest BCUT2D eigenvalue weighted by atomic mass is 10.0. The van der Waals surface area contributed by atoms with Gasteiger partial charge in [0.05, 0.1) is 12.2 Å². The quantitative estimate of drug-likeness (QED) is 0.428. The Balaban J connectivity index is 1.95. The summed E-state index contributed by atoms with van der Waals surface area (Å²) in [6.45, 7) is 3.91. The van der Waals surface area contributed by atoms with Gasteiger partial charge in [0.2, 0.25) is 0 Å². The molecule has 8 nitrogen and oxygen atoms in total. The van der Waals surface area contributed by atoms with Gasteiger partial charge in [-0.25, -0.2) is 9.97 Å². The molecule has 0 saturated heterocycles. The van der Waals surface area contributed by atoms with Crippen molar-refractivity contribution >= 4 is 11.6 Å². The second kappa shape index (κ2) is 9.76. The monoisotopic (exact) mass is 436 g/mol. The third-order valence-electron chi connectivity index (χ3n) is 5.03. The van der Waals surface area contributed by atoms with Crippen LogP contribution in [0.3, 0.4) is 0 Å². The Labute approximate surface area is 187 Å². The van der Waals surface area contributed by atoms with Crippen LogP contribution >= 0.6 is 0 Å². The lowest BCUT2D eigenvalue weighted by Crippen LogP contribution is -2.20. The highest BCUT2D eigenvalue weighted by Crippen LogP contribution is 2.28. The lowest BCUT2D eigenvalue weighted by Gasteiger charge is -2.17. The van der Waals surface area contributed by atoms with E-state index in [0.717, 1.165) is 16.7 Å². The third-order valence-corrected chi connectivity index (χ3v) is 5.03. The molecule has 0 radical (unpaired) electrons. The van der Waals surface area contributed by atoms with Crippen molar-refractivity contribution in [1.82, 2.24) is 15.3 Å². The van der Waals surface area contributed by atoms with Crippen LogP contribution in [0.5, 0.6) is 5.75 Å². The van der Waals surface area contributed by atoms with E-state index in [1.165, 1.54) is 0 Å². The van der Waals surface area contributed by atoms with E-state index in [-0.39, 0.29) is 11.7 Å². The number of anilines is 1. The molecule has 0 unspecified atom stereocenters. The van der Waals surface area contributed by atoms with Gasteiger partial charge in [-0.05, 0) is 43.2 Å². The molecule has 0 bridgehead atoms. The number of amides is 1. The molecule has 0 aliphatic rings. The van der Waals surface area contributed by atoms with Gasteiger partial charge in [0.15, 0.2) is 5.82 Å². The highest BCUT2D eigenvalue weighted by molar-refractivity contribution is 6.00. The van der Waals surface area contributed by atoms with Gasteiger partial charge in [-0.15, -0.1) is 0 Å². The van der Waals surface area contributed by atoms with Crippen molar-refractivity contribution in [2.24, 2.45) is 0 Å². The fourth-order valence-electron chi connectivity index (χ4n) is 3.30. The zero-order valence-corrected chi connectivity index (χ0v) is 18.6. The minimum absolute atomic E-state index is 0.153. The molecule has 3 rings (SSSR count).